The fraction of sp³-hybridized carbons (Fsp3) is 0.188. The molecule has 1 fully saturated rings. The number of amides is 1. The van der Waals surface area contributed by atoms with Crippen molar-refractivity contribution in [2.75, 3.05) is 24.1 Å². The van der Waals surface area contributed by atoms with E-state index in [1.54, 1.807) is 31.2 Å². The summed E-state index contributed by atoms with van der Waals surface area (Å²) in [6, 6.07) is 11.3. The van der Waals surface area contributed by atoms with Gasteiger partial charge in [-0.1, -0.05) is 64.1 Å². The van der Waals surface area contributed by atoms with Gasteiger partial charge in [0.05, 0.1) is 23.8 Å². The number of nitrogens with zero attached hydrogens (tertiary/aromatic N) is 9. The van der Waals surface area contributed by atoms with Gasteiger partial charge in [0.2, 0.25) is 5.91 Å². The lowest BCUT2D eigenvalue weighted by molar-refractivity contribution is -0.117. The van der Waals surface area contributed by atoms with Gasteiger partial charge in [0.15, 0.2) is 33.2 Å². The molecule has 8 aromatic rings. The zero-order valence-corrected chi connectivity index (χ0v) is 29.7. The van der Waals surface area contributed by atoms with Crippen LogP contribution >= 0.6 is 45.9 Å². The number of piperidine rings is 1. The predicted octanol–water partition coefficient (Wildman–Crippen LogP) is 6.36. The van der Waals surface area contributed by atoms with Gasteiger partial charge in [0, 0.05) is 28.8 Å². The lowest BCUT2D eigenvalue weighted by Gasteiger charge is -2.21. The molecule has 1 saturated heterocycles. The molecule has 0 aliphatic carbocycles. The Labute approximate surface area is 307 Å². The first kappa shape index (κ1) is 33.0. The third-order valence-corrected chi connectivity index (χ3v) is 10.8. The average molecular weight is 760 g/mol. The molecule has 51 heavy (non-hydrogen) atoms. The maximum atomic E-state index is 12.4. The maximum absolute atomic E-state index is 12.4. The molecule has 1 aliphatic rings. The fourth-order valence-corrected chi connectivity index (χ4v) is 8.03. The number of aromatic nitrogens is 11. The van der Waals surface area contributed by atoms with Gasteiger partial charge in [0.1, 0.15) is 27.2 Å². The second-order valence-electron chi connectivity index (χ2n) is 11.6. The number of H-pyrrole nitrogens is 2. The number of carbonyl (C=O) groups excluding carboxylic acids is 1. The molecule has 0 saturated carbocycles. The Hall–Kier alpha value is -5.20. The quantitative estimate of drug-likeness (QED) is 0.114. The summed E-state index contributed by atoms with van der Waals surface area (Å²) in [5.74, 6) is 1.80. The summed E-state index contributed by atoms with van der Waals surface area (Å²) in [6.07, 6.45) is 11.1. The van der Waals surface area contributed by atoms with Gasteiger partial charge in [0.25, 0.3) is 0 Å². The lowest BCUT2D eigenvalue weighted by atomic mass is 9.94. The molecule has 1 aliphatic heterocycles. The molecule has 0 spiro atoms. The zero-order valence-electron chi connectivity index (χ0n) is 26.5. The van der Waals surface area contributed by atoms with E-state index in [0.29, 0.717) is 55.7 Å². The Bertz CT molecular complexity index is 2470. The fourth-order valence-electron chi connectivity index (χ4n) is 5.90. The monoisotopic (exact) mass is 758 g/mol. The Morgan fingerprint density at radius 3 is 2.24 bits per heavy atom. The summed E-state index contributed by atoms with van der Waals surface area (Å²) in [7, 11) is 0. The van der Waals surface area contributed by atoms with E-state index in [1.165, 1.54) is 22.7 Å². The van der Waals surface area contributed by atoms with Gasteiger partial charge in [-0.05, 0) is 50.0 Å². The lowest BCUT2D eigenvalue weighted by Crippen LogP contribution is -2.30. The number of carbonyl (C=O) groups is 1. The van der Waals surface area contributed by atoms with Gasteiger partial charge in [-0.15, -0.1) is 0 Å². The van der Waals surface area contributed by atoms with Crippen LogP contribution in [0.25, 0.3) is 54.8 Å². The summed E-state index contributed by atoms with van der Waals surface area (Å²) in [5.41, 5.74) is 10.3. The van der Waals surface area contributed by atoms with E-state index in [2.05, 4.69) is 55.9 Å². The van der Waals surface area contributed by atoms with Crippen molar-refractivity contribution in [3.05, 3.63) is 77.8 Å². The highest BCUT2D eigenvalue weighted by atomic mass is 35.5. The summed E-state index contributed by atoms with van der Waals surface area (Å²) >= 11 is 15.3. The van der Waals surface area contributed by atoms with Crippen LogP contribution in [0.2, 0.25) is 10.2 Å². The van der Waals surface area contributed by atoms with Crippen molar-refractivity contribution in [2.45, 2.75) is 19.3 Å². The normalized spacial score (nSPS) is 13.5. The zero-order chi connectivity index (χ0) is 34.9. The Balaban J connectivity index is 0.000000156. The number of halogens is 2. The first-order valence-electron chi connectivity index (χ1n) is 15.8. The van der Waals surface area contributed by atoms with E-state index in [9.17, 15) is 4.79 Å². The van der Waals surface area contributed by atoms with Gasteiger partial charge < -0.3 is 16.4 Å². The third-order valence-electron chi connectivity index (χ3n) is 8.31. The van der Waals surface area contributed by atoms with Crippen LogP contribution in [0.4, 0.5) is 10.3 Å². The van der Waals surface area contributed by atoms with Crippen LogP contribution in [0.1, 0.15) is 19.3 Å². The standard InChI is InChI=1S/C20H20ClN7OS.C12H8ClN7S/c21-14-4-2-1-3-13(14)15-10-23-11-28(15)19-17-18(26-27-19)25-20(30-17)24-16(29)9-12-5-7-22-8-6-12;13-9-6(2-1-3-16-9)7-4-15-5-20(7)11-8-10(18-19-11)17-12(14)21-8/h1-4,10-12,22H,5-9H2,(H2,24,25,26,27,29);1-5H,(H3,14,17,18,19). The molecule has 19 heteroatoms. The summed E-state index contributed by atoms with van der Waals surface area (Å²) in [4.78, 5) is 33.7. The third kappa shape index (κ3) is 6.68. The maximum Gasteiger partial charge on any atom is 0.226 e. The van der Waals surface area contributed by atoms with Crippen LogP contribution < -0.4 is 16.4 Å². The number of fused-ring (bicyclic) bond motifs is 2. The minimum absolute atomic E-state index is 0.00667. The van der Waals surface area contributed by atoms with Crippen LogP contribution in [0.3, 0.4) is 0 Å². The molecule has 0 atom stereocenters. The number of pyridine rings is 1. The number of hydrogen-bond acceptors (Lipinski definition) is 12. The number of hydrogen-bond donors (Lipinski definition) is 5. The van der Waals surface area contributed by atoms with E-state index >= 15 is 0 Å². The Kier molecular flexibility index (Phi) is 9.18. The number of benzene rings is 1. The number of aromatic amines is 2. The molecule has 6 N–H and O–H groups in total. The number of imidazole rings is 2. The van der Waals surface area contributed by atoms with Crippen molar-refractivity contribution in [3.63, 3.8) is 0 Å². The smallest absolute Gasteiger partial charge is 0.226 e. The van der Waals surface area contributed by atoms with Crippen LogP contribution in [-0.2, 0) is 4.79 Å². The van der Waals surface area contributed by atoms with Crippen molar-refractivity contribution in [1.82, 2.24) is 59.8 Å². The molecule has 0 unspecified atom stereocenters. The molecule has 0 radical (unpaired) electrons. The highest BCUT2D eigenvalue weighted by molar-refractivity contribution is 7.23. The topological polar surface area (TPSA) is 199 Å². The number of nitrogens with two attached hydrogens (primary N) is 1. The summed E-state index contributed by atoms with van der Waals surface area (Å²) in [6.45, 7) is 1.96. The van der Waals surface area contributed by atoms with Crippen molar-refractivity contribution in [2.24, 2.45) is 5.92 Å². The number of rotatable bonds is 7. The molecule has 0 bridgehead atoms. The van der Waals surface area contributed by atoms with E-state index in [4.69, 9.17) is 28.9 Å². The number of nitrogen functional groups attached to an aromatic ring is 1. The minimum Gasteiger partial charge on any atom is -0.375 e. The molecular weight excluding hydrogens is 731 g/mol. The van der Waals surface area contributed by atoms with Crippen molar-refractivity contribution < 1.29 is 4.79 Å². The van der Waals surface area contributed by atoms with Gasteiger partial charge >= 0.3 is 0 Å². The molecule has 1 aromatic carbocycles. The summed E-state index contributed by atoms with van der Waals surface area (Å²) < 4.78 is 5.42. The predicted molar refractivity (Wildman–Crippen MR) is 200 cm³/mol. The second-order valence-corrected chi connectivity index (χ2v) is 14.4. The first-order chi connectivity index (χ1) is 24.9. The first-order valence-corrected chi connectivity index (χ1v) is 18.2. The van der Waals surface area contributed by atoms with Crippen molar-refractivity contribution in [3.8, 4) is 34.2 Å². The van der Waals surface area contributed by atoms with Gasteiger partial charge in [-0.2, -0.15) is 10.2 Å². The van der Waals surface area contributed by atoms with Crippen molar-refractivity contribution >= 4 is 82.7 Å². The second kappa shape index (κ2) is 14.2. The summed E-state index contributed by atoms with van der Waals surface area (Å²) in [5, 5.41) is 22.9. The molecule has 15 nitrogen and oxygen atoms in total. The number of anilines is 2. The molecule has 1 amide bonds. The van der Waals surface area contributed by atoms with E-state index in [1.807, 2.05) is 45.5 Å². The van der Waals surface area contributed by atoms with Crippen LogP contribution in [0.5, 0.6) is 0 Å². The number of thiazole rings is 2. The molecule has 8 heterocycles. The van der Waals surface area contributed by atoms with E-state index < -0.39 is 0 Å². The average Bonchev–Trinajstić information content (AvgIpc) is 3.97. The van der Waals surface area contributed by atoms with E-state index in [-0.39, 0.29) is 5.91 Å². The van der Waals surface area contributed by atoms with Crippen molar-refractivity contribution in [1.29, 1.82) is 0 Å². The SMILES string of the molecule is Nc1nc2[nH]nc(-n3cncc3-c3cccnc3Cl)c2s1.O=C(CC1CCNCC1)Nc1nc2[nH]nc(-n3cncc3-c3ccccc3Cl)c2s1. The Morgan fingerprint density at radius 2 is 1.53 bits per heavy atom. The minimum atomic E-state index is 0.00667. The molecule has 9 rings (SSSR count). The number of nitrogens with one attached hydrogen (secondary N) is 4. The largest absolute Gasteiger partial charge is 0.375 e. The highest BCUT2D eigenvalue weighted by Gasteiger charge is 2.21. The molecular formula is C32H28Cl2N14OS2. The van der Waals surface area contributed by atoms with E-state index in [0.717, 1.165) is 57.8 Å². The van der Waals surface area contributed by atoms with Crippen LogP contribution in [0, 0.1) is 5.92 Å². The highest BCUT2D eigenvalue weighted by Crippen LogP contribution is 2.35. The molecule has 7 aromatic heterocycles. The van der Waals surface area contributed by atoms with Crippen LogP contribution in [0.15, 0.2) is 67.6 Å². The van der Waals surface area contributed by atoms with Crippen LogP contribution in [-0.4, -0.2) is 73.4 Å². The Morgan fingerprint density at radius 1 is 0.882 bits per heavy atom. The van der Waals surface area contributed by atoms with Gasteiger partial charge in [-0.3, -0.25) is 24.1 Å². The van der Waals surface area contributed by atoms with Gasteiger partial charge in [-0.25, -0.2) is 24.9 Å². The molecule has 258 valence electrons.